The summed E-state index contributed by atoms with van der Waals surface area (Å²) in [5.74, 6) is -0.252. The number of carbonyl (C=O) groups excluding carboxylic acids is 1. The van der Waals surface area contributed by atoms with Crippen LogP contribution in [0, 0.1) is 5.82 Å². The summed E-state index contributed by atoms with van der Waals surface area (Å²) < 4.78 is 13.0. The highest BCUT2D eigenvalue weighted by Gasteiger charge is 2.21. The van der Waals surface area contributed by atoms with Crippen LogP contribution in [0.2, 0.25) is 0 Å². The van der Waals surface area contributed by atoms with Gasteiger partial charge >= 0.3 is 0 Å². The maximum absolute atomic E-state index is 13.0. The molecule has 0 radical (unpaired) electrons. The van der Waals surface area contributed by atoms with Crippen molar-refractivity contribution in [1.29, 1.82) is 0 Å². The Hall–Kier alpha value is -2.37. The summed E-state index contributed by atoms with van der Waals surface area (Å²) in [4.78, 5) is 16.3. The van der Waals surface area contributed by atoms with Gasteiger partial charge in [-0.15, -0.1) is 0 Å². The summed E-state index contributed by atoms with van der Waals surface area (Å²) >= 11 is 0. The van der Waals surface area contributed by atoms with Crippen LogP contribution in [-0.2, 0) is 0 Å². The highest BCUT2D eigenvalue weighted by atomic mass is 19.1. The van der Waals surface area contributed by atoms with Crippen molar-refractivity contribution in [3.63, 3.8) is 0 Å². The van der Waals surface area contributed by atoms with Crippen LogP contribution in [0.15, 0.2) is 36.5 Å². The molecule has 1 N–H and O–H groups in total. The van der Waals surface area contributed by atoms with Crippen molar-refractivity contribution < 1.29 is 9.18 Å². The molecule has 1 aromatic carbocycles. The Labute approximate surface area is 122 Å². The molecule has 2 aromatic rings. The van der Waals surface area contributed by atoms with E-state index in [1.54, 1.807) is 24.4 Å². The van der Waals surface area contributed by atoms with E-state index in [0.717, 1.165) is 31.7 Å². The lowest BCUT2D eigenvalue weighted by molar-refractivity contribution is 0.0761. The molecule has 21 heavy (non-hydrogen) atoms. The molecule has 1 saturated heterocycles. The zero-order valence-corrected chi connectivity index (χ0v) is 11.6. The fourth-order valence-corrected chi connectivity index (χ4v) is 2.58. The lowest BCUT2D eigenvalue weighted by atomic mass is 10.2. The maximum Gasteiger partial charge on any atom is 0.271 e. The van der Waals surface area contributed by atoms with Crippen LogP contribution in [0.3, 0.4) is 0 Å². The molecule has 1 aliphatic rings. The van der Waals surface area contributed by atoms with E-state index in [0.29, 0.717) is 12.2 Å². The SMILES string of the molecule is O=C(c1ccn[nH]1)N1CCCN(c2ccc(F)cc2)CC1. The van der Waals surface area contributed by atoms with Gasteiger partial charge in [-0.2, -0.15) is 5.10 Å². The van der Waals surface area contributed by atoms with Crippen molar-refractivity contribution in [1.82, 2.24) is 15.1 Å². The highest BCUT2D eigenvalue weighted by Crippen LogP contribution is 2.17. The van der Waals surface area contributed by atoms with Crippen LogP contribution < -0.4 is 4.90 Å². The van der Waals surface area contributed by atoms with Crippen LogP contribution >= 0.6 is 0 Å². The van der Waals surface area contributed by atoms with Gasteiger partial charge in [0.1, 0.15) is 11.5 Å². The lowest BCUT2D eigenvalue weighted by Crippen LogP contribution is -2.35. The van der Waals surface area contributed by atoms with Gasteiger partial charge in [0.15, 0.2) is 0 Å². The number of carbonyl (C=O) groups is 1. The third-order valence-electron chi connectivity index (χ3n) is 3.71. The van der Waals surface area contributed by atoms with E-state index in [1.165, 1.54) is 12.1 Å². The third-order valence-corrected chi connectivity index (χ3v) is 3.71. The fraction of sp³-hybridized carbons (Fsp3) is 0.333. The minimum atomic E-state index is -0.232. The number of nitrogens with one attached hydrogen (secondary N) is 1. The predicted octanol–water partition coefficient (Wildman–Crippen LogP) is 1.90. The fourth-order valence-electron chi connectivity index (χ4n) is 2.58. The van der Waals surface area contributed by atoms with E-state index in [2.05, 4.69) is 15.1 Å². The molecule has 0 spiro atoms. The van der Waals surface area contributed by atoms with Crippen LogP contribution in [0.4, 0.5) is 10.1 Å². The van der Waals surface area contributed by atoms with E-state index in [1.807, 2.05) is 4.90 Å². The third kappa shape index (κ3) is 3.04. The summed E-state index contributed by atoms with van der Waals surface area (Å²) in [7, 11) is 0. The van der Waals surface area contributed by atoms with E-state index < -0.39 is 0 Å². The molecule has 0 saturated carbocycles. The summed E-state index contributed by atoms with van der Waals surface area (Å²) in [6.45, 7) is 2.97. The van der Waals surface area contributed by atoms with E-state index in [9.17, 15) is 9.18 Å². The molecule has 1 amide bonds. The van der Waals surface area contributed by atoms with E-state index in [-0.39, 0.29) is 11.7 Å². The summed E-state index contributed by atoms with van der Waals surface area (Å²) in [6.07, 6.45) is 2.47. The quantitative estimate of drug-likeness (QED) is 0.918. The number of aromatic amines is 1. The smallest absolute Gasteiger partial charge is 0.271 e. The van der Waals surface area contributed by atoms with Crippen molar-refractivity contribution in [3.8, 4) is 0 Å². The first-order valence-electron chi connectivity index (χ1n) is 7.03. The van der Waals surface area contributed by atoms with Crippen LogP contribution in [-0.4, -0.2) is 47.2 Å². The largest absolute Gasteiger partial charge is 0.370 e. The normalized spacial score (nSPS) is 15.9. The Balaban J connectivity index is 1.66. The standard InChI is InChI=1S/C15H17FN4O/c16-12-2-4-13(5-3-12)19-8-1-9-20(11-10-19)15(21)14-6-7-17-18-14/h2-7H,1,8-11H2,(H,17,18). The summed E-state index contributed by atoms with van der Waals surface area (Å²) in [5, 5.41) is 6.52. The van der Waals surface area contributed by atoms with Gasteiger partial charge in [-0.05, 0) is 36.8 Å². The summed E-state index contributed by atoms with van der Waals surface area (Å²) in [6, 6.07) is 8.18. The Morgan fingerprint density at radius 1 is 1.10 bits per heavy atom. The van der Waals surface area contributed by atoms with Crippen molar-refractivity contribution in [2.75, 3.05) is 31.1 Å². The molecular weight excluding hydrogens is 271 g/mol. The van der Waals surface area contributed by atoms with Crippen LogP contribution in [0.5, 0.6) is 0 Å². The molecule has 110 valence electrons. The van der Waals surface area contributed by atoms with Gasteiger partial charge in [-0.3, -0.25) is 9.89 Å². The molecule has 0 atom stereocenters. The molecule has 0 unspecified atom stereocenters. The Morgan fingerprint density at radius 2 is 1.90 bits per heavy atom. The second-order valence-electron chi connectivity index (χ2n) is 5.08. The number of rotatable bonds is 2. The first-order valence-corrected chi connectivity index (χ1v) is 7.03. The first-order chi connectivity index (χ1) is 10.2. The maximum atomic E-state index is 13.0. The topological polar surface area (TPSA) is 52.2 Å². The molecule has 0 aliphatic carbocycles. The van der Waals surface area contributed by atoms with Crippen LogP contribution in [0.25, 0.3) is 0 Å². The van der Waals surface area contributed by atoms with Gasteiger partial charge in [0, 0.05) is 38.1 Å². The number of halogens is 1. The number of hydrogen-bond acceptors (Lipinski definition) is 3. The Morgan fingerprint density at radius 3 is 2.62 bits per heavy atom. The second kappa shape index (κ2) is 5.95. The number of hydrogen-bond donors (Lipinski definition) is 1. The number of anilines is 1. The zero-order valence-electron chi connectivity index (χ0n) is 11.6. The van der Waals surface area contributed by atoms with Gasteiger partial charge < -0.3 is 9.80 Å². The molecular formula is C15H17FN4O. The predicted molar refractivity (Wildman–Crippen MR) is 77.7 cm³/mol. The van der Waals surface area contributed by atoms with E-state index >= 15 is 0 Å². The van der Waals surface area contributed by atoms with Gasteiger partial charge in [0.05, 0.1) is 0 Å². The number of H-pyrrole nitrogens is 1. The highest BCUT2D eigenvalue weighted by molar-refractivity contribution is 5.92. The van der Waals surface area contributed by atoms with Crippen molar-refractivity contribution >= 4 is 11.6 Å². The van der Waals surface area contributed by atoms with E-state index in [4.69, 9.17) is 0 Å². The van der Waals surface area contributed by atoms with Crippen molar-refractivity contribution in [3.05, 3.63) is 48.0 Å². The summed E-state index contributed by atoms with van der Waals surface area (Å²) in [5.41, 5.74) is 1.51. The van der Waals surface area contributed by atoms with Crippen LogP contribution in [0.1, 0.15) is 16.9 Å². The second-order valence-corrected chi connectivity index (χ2v) is 5.08. The first kappa shape index (κ1) is 13.6. The molecule has 2 heterocycles. The number of nitrogens with zero attached hydrogens (tertiary/aromatic N) is 3. The molecule has 5 nitrogen and oxygen atoms in total. The monoisotopic (exact) mass is 288 g/mol. The van der Waals surface area contributed by atoms with Gasteiger partial charge in [-0.1, -0.05) is 0 Å². The average molecular weight is 288 g/mol. The zero-order chi connectivity index (χ0) is 14.7. The minimum absolute atomic E-state index is 0.0199. The molecule has 1 fully saturated rings. The number of aromatic nitrogens is 2. The molecule has 3 rings (SSSR count). The van der Waals surface area contributed by atoms with Crippen molar-refractivity contribution in [2.45, 2.75) is 6.42 Å². The Bertz CT molecular complexity index is 597. The van der Waals surface area contributed by atoms with Gasteiger partial charge in [0.2, 0.25) is 0 Å². The molecule has 6 heteroatoms. The average Bonchev–Trinajstić information content (AvgIpc) is 2.92. The van der Waals surface area contributed by atoms with Crippen molar-refractivity contribution in [2.24, 2.45) is 0 Å². The van der Waals surface area contributed by atoms with Gasteiger partial charge in [-0.25, -0.2) is 4.39 Å². The van der Waals surface area contributed by atoms with Gasteiger partial charge in [0.25, 0.3) is 5.91 Å². The Kier molecular flexibility index (Phi) is 3.85. The molecule has 1 aromatic heterocycles. The lowest BCUT2D eigenvalue weighted by Gasteiger charge is -2.23. The minimum Gasteiger partial charge on any atom is -0.370 e. The molecule has 1 aliphatic heterocycles. The molecule has 0 bridgehead atoms. The number of amides is 1. The number of benzene rings is 1.